The van der Waals surface area contributed by atoms with Gasteiger partial charge in [0, 0.05) is 38.3 Å². The minimum atomic E-state index is -0.316. The number of carbonyl (C=O) groups is 1. The van der Waals surface area contributed by atoms with Gasteiger partial charge in [0.15, 0.2) is 0 Å². The molecule has 0 aromatic heterocycles. The Balaban J connectivity index is 1.75. The predicted molar refractivity (Wildman–Crippen MR) is 99.3 cm³/mol. The van der Waals surface area contributed by atoms with Crippen LogP contribution in [0.25, 0.3) is 0 Å². The second kappa shape index (κ2) is 8.30. The van der Waals surface area contributed by atoms with Gasteiger partial charge in [-0.2, -0.15) is 0 Å². The molecule has 3 atom stereocenters. The molecule has 1 heterocycles. The number of nitrogens with one attached hydrogen (secondary N) is 1. The first kappa shape index (κ1) is 18.4. The van der Waals surface area contributed by atoms with Gasteiger partial charge in [0.1, 0.15) is 6.04 Å². The van der Waals surface area contributed by atoms with Crippen LogP contribution in [0.3, 0.4) is 0 Å². The molecule has 1 saturated heterocycles. The van der Waals surface area contributed by atoms with Crippen molar-refractivity contribution in [2.45, 2.75) is 57.3 Å². The maximum Gasteiger partial charge on any atom is 0.242 e. The van der Waals surface area contributed by atoms with Gasteiger partial charge in [-0.1, -0.05) is 37.3 Å². The molecular formula is C20H31N3O2. The van der Waals surface area contributed by atoms with Crippen molar-refractivity contribution in [1.29, 1.82) is 0 Å². The van der Waals surface area contributed by atoms with E-state index in [0.29, 0.717) is 18.6 Å². The zero-order valence-electron chi connectivity index (χ0n) is 15.4. The summed E-state index contributed by atoms with van der Waals surface area (Å²) < 4.78 is 0. The summed E-state index contributed by atoms with van der Waals surface area (Å²) in [6.45, 7) is 7.34. The molecule has 2 N–H and O–H groups in total. The highest BCUT2D eigenvalue weighted by atomic mass is 16.3. The number of aliphatic hydroxyl groups excluding tert-OH is 1. The van der Waals surface area contributed by atoms with Crippen LogP contribution in [-0.2, 0) is 4.79 Å². The van der Waals surface area contributed by atoms with Crippen molar-refractivity contribution in [2.75, 3.05) is 26.2 Å². The van der Waals surface area contributed by atoms with Gasteiger partial charge in [0.05, 0.1) is 6.10 Å². The van der Waals surface area contributed by atoms with Crippen molar-refractivity contribution in [2.24, 2.45) is 0 Å². The summed E-state index contributed by atoms with van der Waals surface area (Å²) in [5.74, 6) is 0.132. The average molecular weight is 345 g/mol. The van der Waals surface area contributed by atoms with Gasteiger partial charge in [0.25, 0.3) is 0 Å². The minimum Gasteiger partial charge on any atom is -0.392 e. The van der Waals surface area contributed by atoms with Gasteiger partial charge in [0.2, 0.25) is 5.91 Å². The number of piperazine rings is 1. The van der Waals surface area contributed by atoms with E-state index in [1.54, 1.807) is 0 Å². The molecule has 0 unspecified atom stereocenters. The smallest absolute Gasteiger partial charge is 0.242 e. The van der Waals surface area contributed by atoms with Gasteiger partial charge in [-0.25, -0.2) is 0 Å². The second-order valence-corrected chi connectivity index (χ2v) is 7.50. The lowest BCUT2D eigenvalue weighted by Gasteiger charge is -2.44. The van der Waals surface area contributed by atoms with E-state index in [9.17, 15) is 9.90 Å². The van der Waals surface area contributed by atoms with Crippen LogP contribution in [0, 0.1) is 0 Å². The highest BCUT2D eigenvalue weighted by Crippen LogP contribution is 2.27. The summed E-state index contributed by atoms with van der Waals surface area (Å²) in [5.41, 5.74) is 1.07. The first-order chi connectivity index (χ1) is 12.1. The van der Waals surface area contributed by atoms with Gasteiger partial charge in [-0.15, -0.1) is 0 Å². The lowest BCUT2D eigenvalue weighted by atomic mass is 10.0. The molecule has 5 heteroatoms. The first-order valence-corrected chi connectivity index (χ1v) is 9.60. The van der Waals surface area contributed by atoms with E-state index in [2.05, 4.69) is 34.2 Å². The molecule has 25 heavy (non-hydrogen) atoms. The van der Waals surface area contributed by atoms with Crippen LogP contribution in [0.15, 0.2) is 30.3 Å². The van der Waals surface area contributed by atoms with Gasteiger partial charge in [-0.05, 0) is 31.7 Å². The Kier molecular flexibility index (Phi) is 6.10. The van der Waals surface area contributed by atoms with Crippen molar-refractivity contribution in [1.82, 2.24) is 15.1 Å². The number of amides is 1. The zero-order valence-corrected chi connectivity index (χ0v) is 15.4. The lowest BCUT2D eigenvalue weighted by molar-refractivity contribution is -0.128. The van der Waals surface area contributed by atoms with E-state index >= 15 is 0 Å². The van der Waals surface area contributed by atoms with Crippen LogP contribution in [-0.4, -0.2) is 65.2 Å². The third-order valence-corrected chi connectivity index (χ3v) is 5.26. The van der Waals surface area contributed by atoms with Crippen LogP contribution in [0.1, 0.15) is 44.7 Å². The molecule has 3 rings (SSSR count). The third-order valence-electron chi connectivity index (χ3n) is 5.26. The second-order valence-electron chi connectivity index (χ2n) is 7.50. The predicted octanol–water partition coefficient (Wildman–Crippen LogP) is 1.78. The summed E-state index contributed by atoms with van der Waals surface area (Å²) in [7, 11) is 0. The molecule has 2 fully saturated rings. The van der Waals surface area contributed by atoms with E-state index in [-0.39, 0.29) is 18.1 Å². The molecule has 1 aromatic carbocycles. The highest BCUT2D eigenvalue weighted by molar-refractivity contribution is 5.83. The standard InChI is InChI=1S/C20H31N3O2/c1-3-18-14-23(12-11-22(18)13-15(2)24)19(16-7-5-4-6-8-16)20(25)21-17-9-10-17/h4-8,15,17-19,24H,3,9-14H2,1-2H3,(H,21,25)/t15-,18-,19+/m1/s1. The van der Waals surface area contributed by atoms with Gasteiger partial charge >= 0.3 is 0 Å². The topological polar surface area (TPSA) is 55.8 Å². The Labute approximate surface area is 151 Å². The molecule has 1 amide bonds. The monoisotopic (exact) mass is 345 g/mol. The van der Waals surface area contributed by atoms with Crippen LogP contribution < -0.4 is 5.32 Å². The average Bonchev–Trinajstić information content (AvgIpc) is 3.40. The van der Waals surface area contributed by atoms with E-state index < -0.39 is 0 Å². The fourth-order valence-electron chi connectivity index (χ4n) is 3.79. The van der Waals surface area contributed by atoms with Crippen molar-refractivity contribution in [3.63, 3.8) is 0 Å². The third kappa shape index (κ3) is 4.81. The quantitative estimate of drug-likeness (QED) is 0.791. The molecule has 0 radical (unpaired) electrons. The molecule has 0 bridgehead atoms. The molecule has 1 saturated carbocycles. The Morgan fingerprint density at radius 1 is 1.28 bits per heavy atom. The molecule has 5 nitrogen and oxygen atoms in total. The Morgan fingerprint density at radius 3 is 2.60 bits per heavy atom. The normalized spacial score (nSPS) is 24.7. The summed E-state index contributed by atoms with van der Waals surface area (Å²) in [6.07, 6.45) is 2.92. The number of benzene rings is 1. The maximum absolute atomic E-state index is 12.9. The molecule has 1 aromatic rings. The number of nitrogens with zero attached hydrogens (tertiary/aromatic N) is 2. The van der Waals surface area contributed by atoms with Gasteiger partial charge in [-0.3, -0.25) is 14.6 Å². The van der Waals surface area contributed by atoms with Crippen LogP contribution in [0.4, 0.5) is 0 Å². The highest BCUT2D eigenvalue weighted by Gasteiger charge is 2.36. The van der Waals surface area contributed by atoms with E-state index in [0.717, 1.165) is 44.5 Å². The molecular weight excluding hydrogens is 314 g/mol. The van der Waals surface area contributed by atoms with E-state index in [1.807, 2.05) is 25.1 Å². The summed E-state index contributed by atoms with van der Waals surface area (Å²) in [4.78, 5) is 17.6. The zero-order chi connectivity index (χ0) is 17.8. The molecule has 1 aliphatic heterocycles. The number of hydrogen-bond donors (Lipinski definition) is 2. The van der Waals surface area contributed by atoms with Crippen LogP contribution in [0.2, 0.25) is 0 Å². The van der Waals surface area contributed by atoms with Gasteiger partial charge < -0.3 is 10.4 Å². The Hall–Kier alpha value is -1.43. The first-order valence-electron chi connectivity index (χ1n) is 9.60. The number of rotatable bonds is 7. The summed E-state index contributed by atoms with van der Waals surface area (Å²) in [5, 5.41) is 12.9. The number of β-amino-alcohol motifs (C(OH)–C–C–N with tert-alkyl or cyclic N) is 1. The number of hydrogen-bond acceptors (Lipinski definition) is 4. The van der Waals surface area contributed by atoms with Crippen molar-refractivity contribution in [3.05, 3.63) is 35.9 Å². The molecule has 2 aliphatic rings. The minimum absolute atomic E-state index is 0.132. The van der Waals surface area contributed by atoms with E-state index in [1.165, 1.54) is 0 Å². The van der Waals surface area contributed by atoms with E-state index in [4.69, 9.17) is 0 Å². The number of carbonyl (C=O) groups excluding carboxylic acids is 1. The Bertz CT molecular complexity index is 559. The summed E-state index contributed by atoms with van der Waals surface area (Å²) >= 11 is 0. The largest absolute Gasteiger partial charge is 0.392 e. The fourth-order valence-corrected chi connectivity index (χ4v) is 3.79. The van der Waals surface area contributed by atoms with Crippen molar-refractivity contribution >= 4 is 5.91 Å². The SMILES string of the molecule is CC[C@@H]1CN([C@H](C(=O)NC2CC2)c2ccccc2)CCN1C[C@@H](C)O. The number of aliphatic hydroxyl groups is 1. The Morgan fingerprint density at radius 2 is 2.00 bits per heavy atom. The summed E-state index contributed by atoms with van der Waals surface area (Å²) in [6, 6.07) is 10.7. The van der Waals surface area contributed by atoms with Crippen molar-refractivity contribution < 1.29 is 9.90 Å². The molecule has 138 valence electrons. The lowest BCUT2D eigenvalue weighted by Crippen LogP contribution is -2.57. The van der Waals surface area contributed by atoms with Crippen LogP contribution >= 0.6 is 0 Å². The van der Waals surface area contributed by atoms with Crippen LogP contribution in [0.5, 0.6) is 0 Å². The van der Waals surface area contributed by atoms with Crippen molar-refractivity contribution in [3.8, 4) is 0 Å². The molecule has 0 spiro atoms. The maximum atomic E-state index is 12.9. The fraction of sp³-hybridized carbons (Fsp3) is 0.650. The molecule has 1 aliphatic carbocycles.